The first-order chi connectivity index (χ1) is 17.8. The number of aromatic nitrogens is 1. The maximum atomic E-state index is 6.54. The van der Waals surface area contributed by atoms with Crippen LogP contribution in [-0.2, 0) is 0 Å². The molecular formula is C34H22ClN. The Balaban J connectivity index is 1.63. The van der Waals surface area contributed by atoms with Gasteiger partial charge in [-0.15, -0.1) is 0 Å². The van der Waals surface area contributed by atoms with E-state index in [0.29, 0.717) is 0 Å². The Kier molecular flexibility index (Phi) is 4.90. The van der Waals surface area contributed by atoms with Gasteiger partial charge in [-0.25, -0.2) is 0 Å². The number of hydrogen-bond donors (Lipinski definition) is 0. The van der Waals surface area contributed by atoms with E-state index < -0.39 is 0 Å². The third-order valence-corrected chi connectivity index (χ3v) is 7.28. The lowest BCUT2D eigenvalue weighted by molar-refractivity contribution is 1.18. The summed E-state index contributed by atoms with van der Waals surface area (Å²) in [5.74, 6) is 0. The van der Waals surface area contributed by atoms with Crippen LogP contribution in [0.4, 0.5) is 0 Å². The number of nitrogens with zero attached hydrogens (tertiary/aromatic N) is 1. The molecule has 0 N–H and O–H groups in total. The third kappa shape index (κ3) is 3.32. The maximum absolute atomic E-state index is 6.54. The minimum absolute atomic E-state index is 0.734. The fourth-order valence-corrected chi connectivity index (χ4v) is 5.60. The van der Waals surface area contributed by atoms with E-state index in [1.54, 1.807) is 0 Å². The Morgan fingerprint density at radius 1 is 0.472 bits per heavy atom. The van der Waals surface area contributed by atoms with Crippen molar-refractivity contribution in [3.8, 4) is 27.9 Å². The summed E-state index contributed by atoms with van der Waals surface area (Å²) in [7, 11) is 0. The Morgan fingerprint density at radius 2 is 1.22 bits per heavy atom. The van der Waals surface area contributed by atoms with Crippen LogP contribution in [-0.4, -0.2) is 4.57 Å². The molecule has 7 aromatic rings. The molecule has 0 saturated heterocycles. The van der Waals surface area contributed by atoms with E-state index >= 15 is 0 Å². The molecule has 0 radical (unpaired) electrons. The zero-order valence-electron chi connectivity index (χ0n) is 19.5. The van der Waals surface area contributed by atoms with Gasteiger partial charge < -0.3 is 4.57 Å². The number of para-hydroxylation sites is 1. The van der Waals surface area contributed by atoms with Crippen molar-refractivity contribution < 1.29 is 0 Å². The fraction of sp³-hybridized carbons (Fsp3) is 0. The molecule has 6 aromatic carbocycles. The van der Waals surface area contributed by atoms with Gasteiger partial charge in [-0.1, -0.05) is 115 Å². The van der Waals surface area contributed by atoms with Crippen LogP contribution < -0.4 is 0 Å². The maximum Gasteiger partial charge on any atom is 0.0556 e. The van der Waals surface area contributed by atoms with E-state index in [-0.39, 0.29) is 0 Å². The molecule has 36 heavy (non-hydrogen) atoms. The van der Waals surface area contributed by atoms with E-state index in [9.17, 15) is 0 Å². The molecule has 0 fully saturated rings. The quantitative estimate of drug-likeness (QED) is 0.237. The average molecular weight is 480 g/mol. The number of fused-ring (bicyclic) bond motifs is 4. The summed E-state index contributed by atoms with van der Waals surface area (Å²) >= 11 is 6.54. The van der Waals surface area contributed by atoms with Crippen molar-refractivity contribution in [1.82, 2.24) is 4.57 Å². The van der Waals surface area contributed by atoms with E-state index in [4.69, 9.17) is 11.6 Å². The molecule has 0 aliphatic rings. The van der Waals surface area contributed by atoms with Crippen LogP contribution in [0, 0.1) is 0 Å². The van der Waals surface area contributed by atoms with Gasteiger partial charge in [-0.05, 0) is 57.8 Å². The molecule has 0 bridgehead atoms. The van der Waals surface area contributed by atoms with Crippen LogP contribution >= 0.6 is 11.6 Å². The number of rotatable bonds is 3. The van der Waals surface area contributed by atoms with Gasteiger partial charge in [-0.2, -0.15) is 0 Å². The summed E-state index contributed by atoms with van der Waals surface area (Å²) in [6.45, 7) is 0. The van der Waals surface area contributed by atoms with Gasteiger partial charge in [0.1, 0.15) is 0 Å². The average Bonchev–Trinajstić information content (AvgIpc) is 3.26. The van der Waals surface area contributed by atoms with Crippen molar-refractivity contribution >= 4 is 44.2 Å². The van der Waals surface area contributed by atoms with Crippen LogP contribution in [0.5, 0.6) is 0 Å². The van der Waals surface area contributed by atoms with Crippen molar-refractivity contribution in [3.05, 3.63) is 138 Å². The molecule has 2 heteroatoms. The first-order valence-corrected chi connectivity index (χ1v) is 12.5. The predicted octanol–water partition coefficient (Wildman–Crippen LogP) is 9.92. The molecule has 0 saturated carbocycles. The lowest BCUT2D eigenvalue weighted by Gasteiger charge is -2.19. The fourth-order valence-electron chi connectivity index (χ4n) is 5.44. The molecule has 170 valence electrons. The van der Waals surface area contributed by atoms with E-state index in [2.05, 4.69) is 132 Å². The van der Waals surface area contributed by atoms with E-state index in [1.165, 1.54) is 49.3 Å². The standard InChI is InChI=1S/C34H22ClN/c35-27-19-20-30-29-13-6-7-15-31(29)36(33(30)22-27)32-16-8-14-28(24-10-2-1-3-11-24)34(32)26-18-17-23-9-4-5-12-25(23)21-26/h1-22H. The van der Waals surface area contributed by atoms with Crippen LogP contribution in [0.2, 0.25) is 5.02 Å². The smallest absolute Gasteiger partial charge is 0.0556 e. The minimum atomic E-state index is 0.734. The Morgan fingerprint density at radius 3 is 2.11 bits per heavy atom. The van der Waals surface area contributed by atoms with Gasteiger partial charge in [-0.3, -0.25) is 0 Å². The highest BCUT2D eigenvalue weighted by Crippen LogP contribution is 2.42. The Hall–Kier alpha value is -4.33. The van der Waals surface area contributed by atoms with Gasteiger partial charge in [0.15, 0.2) is 0 Å². The minimum Gasteiger partial charge on any atom is -0.309 e. The topological polar surface area (TPSA) is 4.93 Å². The predicted molar refractivity (Wildman–Crippen MR) is 154 cm³/mol. The number of halogens is 1. The third-order valence-electron chi connectivity index (χ3n) is 7.04. The van der Waals surface area contributed by atoms with E-state index in [0.717, 1.165) is 16.2 Å². The lowest BCUT2D eigenvalue weighted by atomic mass is 9.91. The normalized spacial score (nSPS) is 11.5. The molecule has 0 spiro atoms. The molecule has 0 unspecified atom stereocenters. The molecule has 0 amide bonds. The molecule has 0 aliphatic heterocycles. The highest BCUT2D eigenvalue weighted by Gasteiger charge is 2.19. The van der Waals surface area contributed by atoms with Gasteiger partial charge in [0, 0.05) is 21.4 Å². The summed E-state index contributed by atoms with van der Waals surface area (Å²) in [5.41, 5.74) is 8.21. The van der Waals surface area contributed by atoms with Gasteiger partial charge in [0.05, 0.1) is 16.7 Å². The van der Waals surface area contributed by atoms with Gasteiger partial charge >= 0.3 is 0 Å². The summed E-state index contributed by atoms with van der Waals surface area (Å²) in [4.78, 5) is 0. The molecule has 0 atom stereocenters. The first-order valence-electron chi connectivity index (χ1n) is 12.1. The van der Waals surface area contributed by atoms with Gasteiger partial charge in [0.25, 0.3) is 0 Å². The summed E-state index contributed by atoms with van der Waals surface area (Å²) in [6.07, 6.45) is 0. The molecule has 1 nitrogen and oxygen atoms in total. The van der Waals surface area contributed by atoms with Crippen molar-refractivity contribution in [2.45, 2.75) is 0 Å². The largest absolute Gasteiger partial charge is 0.309 e. The van der Waals surface area contributed by atoms with Crippen molar-refractivity contribution in [3.63, 3.8) is 0 Å². The van der Waals surface area contributed by atoms with Crippen LogP contribution in [0.1, 0.15) is 0 Å². The molecule has 7 rings (SSSR count). The molecule has 1 aromatic heterocycles. The van der Waals surface area contributed by atoms with Gasteiger partial charge in [0.2, 0.25) is 0 Å². The molecule has 1 heterocycles. The second-order valence-corrected chi connectivity index (χ2v) is 9.58. The molecular weight excluding hydrogens is 458 g/mol. The highest BCUT2D eigenvalue weighted by atomic mass is 35.5. The summed E-state index contributed by atoms with van der Waals surface area (Å²) in [5, 5.41) is 5.62. The second-order valence-electron chi connectivity index (χ2n) is 9.14. The second kappa shape index (κ2) is 8.41. The van der Waals surface area contributed by atoms with Crippen LogP contribution in [0.15, 0.2) is 133 Å². The summed E-state index contributed by atoms with van der Waals surface area (Å²) in [6, 6.07) is 47.4. The van der Waals surface area contributed by atoms with Crippen LogP contribution in [0.3, 0.4) is 0 Å². The first kappa shape index (κ1) is 21.0. The van der Waals surface area contributed by atoms with Crippen molar-refractivity contribution in [2.75, 3.05) is 0 Å². The van der Waals surface area contributed by atoms with Crippen molar-refractivity contribution in [2.24, 2.45) is 0 Å². The lowest BCUT2D eigenvalue weighted by Crippen LogP contribution is -1.99. The zero-order valence-corrected chi connectivity index (χ0v) is 20.3. The Bertz CT molecular complexity index is 1900. The summed E-state index contributed by atoms with van der Waals surface area (Å²) < 4.78 is 2.37. The van der Waals surface area contributed by atoms with E-state index in [1.807, 2.05) is 6.07 Å². The zero-order chi connectivity index (χ0) is 24.1. The molecule has 0 aliphatic carbocycles. The number of hydrogen-bond acceptors (Lipinski definition) is 0. The SMILES string of the molecule is Clc1ccc2c3ccccc3n(-c3cccc(-c4ccccc4)c3-c3ccc4ccccc4c3)c2c1. The van der Waals surface area contributed by atoms with Crippen molar-refractivity contribution in [1.29, 1.82) is 0 Å². The highest BCUT2D eigenvalue weighted by molar-refractivity contribution is 6.31. The Labute approximate surface area is 214 Å². The van der Waals surface area contributed by atoms with Crippen LogP contribution in [0.25, 0.3) is 60.5 Å². The number of benzene rings is 6. The monoisotopic (exact) mass is 479 g/mol.